The van der Waals surface area contributed by atoms with Gasteiger partial charge in [-0.05, 0) is 12.2 Å². The minimum absolute atomic E-state index is 0.187. The number of allylic oxidation sites excluding steroid dienone is 2. The van der Waals surface area contributed by atoms with E-state index in [-0.39, 0.29) is 6.04 Å². The standard InChI is InChI=1S/C7H9N3S/c8-4-1-2-5-6(3-4)10-7(11)9-5/h1-2,6H,3,8H2,(H2,9,10,11). The predicted molar refractivity (Wildman–Crippen MR) is 48.3 cm³/mol. The molecule has 1 atom stereocenters. The van der Waals surface area contributed by atoms with Crippen LogP contribution in [0.3, 0.4) is 0 Å². The third-order valence-corrected chi connectivity index (χ3v) is 2.03. The summed E-state index contributed by atoms with van der Waals surface area (Å²) in [5.41, 5.74) is 7.61. The number of thiol groups is 1. The summed E-state index contributed by atoms with van der Waals surface area (Å²) in [6.45, 7) is 0. The van der Waals surface area contributed by atoms with E-state index in [2.05, 4.69) is 22.9 Å². The van der Waals surface area contributed by atoms with Crippen LogP contribution in [0.1, 0.15) is 6.42 Å². The second-order valence-corrected chi connectivity index (χ2v) is 3.08. The SMILES string of the molecule is NC1=CC=C2NC(S)=NC2C1. The smallest absolute Gasteiger partial charge is 0.158 e. The number of nitrogens with one attached hydrogen (secondary N) is 1. The maximum atomic E-state index is 5.63. The number of nitrogens with zero attached hydrogens (tertiary/aromatic N) is 1. The van der Waals surface area contributed by atoms with E-state index in [0.717, 1.165) is 17.8 Å². The fourth-order valence-corrected chi connectivity index (χ4v) is 1.53. The van der Waals surface area contributed by atoms with E-state index in [1.165, 1.54) is 0 Å². The molecule has 0 amide bonds. The molecule has 0 saturated carbocycles. The fraction of sp³-hybridized carbons (Fsp3) is 0.286. The monoisotopic (exact) mass is 167 g/mol. The topological polar surface area (TPSA) is 50.4 Å². The highest BCUT2D eigenvalue weighted by Gasteiger charge is 2.22. The molecule has 0 aromatic rings. The van der Waals surface area contributed by atoms with Crippen molar-refractivity contribution in [1.29, 1.82) is 0 Å². The van der Waals surface area contributed by atoms with Crippen molar-refractivity contribution >= 4 is 17.8 Å². The molecule has 0 radical (unpaired) electrons. The van der Waals surface area contributed by atoms with Crippen LogP contribution in [0, 0.1) is 0 Å². The first-order valence-corrected chi connectivity index (χ1v) is 3.90. The Balaban J connectivity index is 2.27. The van der Waals surface area contributed by atoms with Gasteiger partial charge in [0.2, 0.25) is 0 Å². The van der Waals surface area contributed by atoms with Crippen molar-refractivity contribution in [2.75, 3.05) is 0 Å². The number of aliphatic imine (C=N–C) groups is 1. The van der Waals surface area contributed by atoms with Gasteiger partial charge in [0.05, 0.1) is 6.04 Å². The van der Waals surface area contributed by atoms with Gasteiger partial charge in [0.1, 0.15) is 0 Å². The highest BCUT2D eigenvalue weighted by Crippen LogP contribution is 2.21. The maximum absolute atomic E-state index is 5.63. The van der Waals surface area contributed by atoms with E-state index in [1.807, 2.05) is 12.2 Å². The molecule has 0 saturated heterocycles. The molecule has 0 aromatic carbocycles. The van der Waals surface area contributed by atoms with Crippen molar-refractivity contribution in [1.82, 2.24) is 5.32 Å². The summed E-state index contributed by atoms with van der Waals surface area (Å²) in [4.78, 5) is 4.24. The van der Waals surface area contributed by atoms with Gasteiger partial charge in [-0.25, -0.2) is 0 Å². The molecule has 0 aromatic heterocycles. The molecule has 2 rings (SSSR count). The summed E-state index contributed by atoms with van der Waals surface area (Å²) >= 11 is 4.11. The lowest BCUT2D eigenvalue weighted by molar-refractivity contribution is 0.748. The van der Waals surface area contributed by atoms with Crippen molar-refractivity contribution in [2.24, 2.45) is 10.7 Å². The number of amidine groups is 1. The van der Waals surface area contributed by atoms with Gasteiger partial charge in [0, 0.05) is 17.8 Å². The molecule has 1 heterocycles. The average molecular weight is 167 g/mol. The van der Waals surface area contributed by atoms with Gasteiger partial charge in [-0.3, -0.25) is 4.99 Å². The Morgan fingerprint density at radius 3 is 3.27 bits per heavy atom. The summed E-state index contributed by atoms with van der Waals surface area (Å²) in [6, 6.07) is 0.187. The molecule has 3 nitrogen and oxygen atoms in total. The minimum Gasteiger partial charge on any atom is -0.402 e. The van der Waals surface area contributed by atoms with E-state index in [4.69, 9.17) is 5.73 Å². The van der Waals surface area contributed by atoms with Crippen LogP contribution in [0.2, 0.25) is 0 Å². The van der Waals surface area contributed by atoms with Gasteiger partial charge in [0.25, 0.3) is 0 Å². The molecule has 1 aliphatic heterocycles. The second kappa shape index (κ2) is 2.30. The third kappa shape index (κ3) is 1.14. The molecule has 0 bridgehead atoms. The Morgan fingerprint density at radius 1 is 1.64 bits per heavy atom. The Kier molecular flexibility index (Phi) is 1.42. The van der Waals surface area contributed by atoms with Crippen LogP contribution in [-0.4, -0.2) is 11.2 Å². The van der Waals surface area contributed by atoms with Gasteiger partial charge in [0.15, 0.2) is 5.17 Å². The Labute approximate surface area is 70.5 Å². The predicted octanol–water partition coefficient (Wildman–Crippen LogP) is 0.374. The fourth-order valence-electron chi connectivity index (χ4n) is 1.26. The zero-order valence-electron chi connectivity index (χ0n) is 5.91. The van der Waals surface area contributed by atoms with Gasteiger partial charge in [-0.1, -0.05) is 0 Å². The average Bonchev–Trinajstić information content (AvgIpc) is 2.27. The van der Waals surface area contributed by atoms with Gasteiger partial charge in [-0.15, -0.1) is 12.6 Å². The van der Waals surface area contributed by atoms with Crippen LogP contribution in [0.4, 0.5) is 0 Å². The van der Waals surface area contributed by atoms with Crippen molar-refractivity contribution < 1.29 is 0 Å². The van der Waals surface area contributed by atoms with Crippen molar-refractivity contribution in [3.05, 3.63) is 23.5 Å². The van der Waals surface area contributed by atoms with Crippen LogP contribution < -0.4 is 11.1 Å². The number of hydrogen-bond donors (Lipinski definition) is 3. The Hall–Kier alpha value is -0.900. The maximum Gasteiger partial charge on any atom is 0.158 e. The third-order valence-electron chi connectivity index (χ3n) is 1.80. The van der Waals surface area contributed by atoms with Gasteiger partial charge in [-0.2, -0.15) is 0 Å². The lowest BCUT2D eigenvalue weighted by Gasteiger charge is -2.13. The van der Waals surface area contributed by atoms with Crippen molar-refractivity contribution in [2.45, 2.75) is 12.5 Å². The molecule has 1 unspecified atom stereocenters. The van der Waals surface area contributed by atoms with E-state index in [9.17, 15) is 0 Å². The quantitative estimate of drug-likeness (QED) is 0.457. The Bertz CT molecular complexity index is 277. The highest BCUT2D eigenvalue weighted by molar-refractivity contribution is 7.96. The number of hydrogen-bond acceptors (Lipinski definition) is 3. The van der Waals surface area contributed by atoms with Gasteiger partial charge >= 0.3 is 0 Å². The van der Waals surface area contributed by atoms with Crippen molar-refractivity contribution in [3.63, 3.8) is 0 Å². The first-order chi connectivity index (χ1) is 5.25. The highest BCUT2D eigenvalue weighted by atomic mass is 32.1. The lowest BCUT2D eigenvalue weighted by Crippen LogP contribution is -2.19. The number of fused-ring (bicyclic) bond motifs is 1. The Morgan fingerprint density at radius 2 is 2.45 bits per heavy atom. The molecular weight excluding hydrogens is 158 g/mol. The first-order valence-electron chi connectivity index (χ1n) is 3.46. The number of nitrogens with two attached hydrogens (primary N) is 1. The van der Waals surface area contributed by atoms with Gasteiger partial charge < -0.3 is 11.1 Å². The molecule has 0 fully saturated rings. The normalized spacial score (nSPS) is 28.1. The van der Waals surface area contributed by atoms with E-state index >= 15 is 0 Å². The zero-order valence-corrected chi connectivity index (χ0v) is 6.81. The molecule has 58 valence electrons. The second-order valence-electron chi connectivity index (χ2n) is 2.66. The molecule has 2 aliphatic rings. The summed E-state index contributed by atoms with van der Waals surface area (Å²) < 4.78 is 0. The molecular formula is C7H9N3S. The largest absolute Gasteiger partial charge is 0.402 e. The molecule has 3 N–H and O–H groups in total. The van der Waals surface area contributed by atoms with Crippen LogP contribution in [-0.2, 0) is 0 Å². The first kappa shape index (κ1) is 6.79. The van der Waals surface area contributed by atoms with E-state index in [1.54, 1.807) is 0 Å². The summed E-state index contributed by atoms with van der Waals surface area (Å²) in [5, 5.41) is 3.74. The van der Waals surface area contributed by atoms with Crippen LogP contribution in [0.25, 0.3) is 0 Å². The zero-order chi connectivity index (χ0) is 7.84. The van der Waals surface area contributed by atoms with Crippen LogP contribution in [0.15, 0.2) is 28.5 Å². The van der Waals surface area contributed by atoms with Crippen LogP contribution >= 0.6 is 12.6 Å². The number of rotatable bonds is 0. The summed E-state index contributed by atoms with van der Waals surface area (Å²) in [5.74, 6) is 0. The van der Waals surface area contributed by atoms with E-state index in [0.29, 0.717) is 5.17 Å². The van der Waals surface area contributed by atoms with E-state index < -0.39 is 0 Å². The van der Waals surface area contributed by atoms with Crippen molar-refractivity contribution in [3.8, 4) is 0 Å². The summed E-state index contributed by atoms with van der Waals surface area (Å²) in [7, 11) is 0. The minimum atomic E-state index is 0.187. The molecule has 11 heavy (non-hydrogen) atoms. The molecule has 1 aliphatic carbocycles. The lowest BCUT2D eigenvalue weighted by atomic mass is 10.0. The summed E-state index contributed by atoms with van der Waals surface area (Å²) in [6.07, 6.45) is 4.67. The molecule has 0 spiro atoms. The van der Waals surface area contributed by atoms with Crippen LogP contribution in [0.5, 0.6) is 0 Å². The molecule has 4 heteroatoms.